The SMILES string of the molecule is CC(C)(CO)c1nc(C(F)(F)F)cs1. The zero-order valence-electron chi connectivity index (χ0n) is 7.72. The van der Waals surface area contributed by atoms with Gasteiger partial charge in [-0.25, -0.2) is 4.98 Å². The molecule has 0 amide bonds. The molecule has 0 fully saturated rings. The van der Waals surface area contributed by atoms with Gasteiger partial charge in [0.25, 0.3) is 0 Å². The van der Waals surface area contributed by atoms with Gasteiger partial charge < -0.3 is 5.11 Å². The molecule has 1 aromatic heterocycles. The van der Waals surface area contributed by atoms with Crippen molar-refractivity contribution in [3.8, 4) is 0 Å². The number of rotatable bonds is 2. The summed E-state index contributed by atoms with van der Waals surface area (Å²) in [6.07, 6.45) is -4.40. The fraction of sp³-hybridized carbons (Fsp3) is 0.625. The molecular weight excluding hydrogens is 215 g/mol. The number of aromatic nitrogens is 1. The number of nitrogens with zero attached hydrogens (tertiary/aromatic N) is 1. The van der Waals surface area contributed by atoms with Crippen LogP contribution in [0.25, 0.3) is 0 Å². The van der Waals surface area contributed by atoms with Crippen LogP contribution in [0.1, 0.15) is 24.5 Å². The highest BCUT2D eigenvalue weighted by atomic mass is 32.1. The van der Waals surface area contributed by atoms with Gasteiger partial charge in [0.15, 0.2) is 5.69 Å². The molecule has 0 saturated carbocycles. The first kappa shape index (κ1) is 11.5. The first-order valence-electron chi connectivity index (χ1n) is 3.91. The first-order chi connectivity index (χ1) is 6.27. The minimum atomic E-state index is -4.40. The van der Waals surface area contributed by atoms with E-state index in [-0.39, 0.29) is 6.61 Å². The van der Waals surface area contributed by atoms with E-state index in [1.807, 2.05) is 0 Å². The molecule has 1 heterocycles. The minimum Gasteiger partial charge on any atom is -0.395 e. The van der Waals surface area contributed by atoms with E-state index in [1.165, 1.54) is 0 Å². The molecule has 2 nitrogen and oxygen atoms in total. The minimum absolute atomic E-state index is 0.224. The Morgan fingerprint density at radius 2 is 2.00 bits per heavy atom. The van der Waals surface area contributed by atoms with Crippen LogP contribution in [0.15, 0.2) is 5.38 Å². The number of hydrogen-bond acceptors (Lipinski definition) is 3. The van der Waals surface area contributed by atoms with Crippen molar-refractivity contribution in [1.29, 1.82) is 0 Å². The van der Waals surface area contributed by atoms with Crippen molar-refractivity contribution < 1.29 is 18.3 Å². The Kier molecular flexibility index (Phi) is 2.87. The normalized spacial score (nSPS) is 13.3. The van der Waals surface area contributed by atoms with E-state index >= 15 is 0 Å². The van der Waals surface area contributed by atoms with Crippen molar-refractivity contribution in [3.63, 3.8) is 0 Å². The summed E-state index contributed by atoms with van der Waals surface area (Å²) in [5.41, 5.74) is -1.60. The van der Waals surface area contributed by atoms with E-state index in [9.17, 15) is 13.2 Å². The summed E-state index contributed by atoms with van der Waals surface area (Å²) in [5.74, 6) is 0. The van der Waals surface area contributed by atoms with Crippen molar-refractivity contribution >= 4 is 11.3 Å². The van der Waals surface area contributed by atoms with Crippen LogP contribution < -0.4 is 0 Å². The van der Waals surface area contributed by atoms with E-state index in [2.05, 4.69) is 4.98 Å². The third-order valence-corrected chi connectivity index (χ3v) is 2.98. The maximum atomic E-state index is 12.2. The monoisotopic (exact) mass is 225 g/mol. The summed E-state index contributed by atoms with van der Waals surface area (Å²) >= 11 is 0.917. The quantitative estimate of drug-likeness (QED) is 0.838. The Labute approximate surface area is 83.4 Å². The van der Waals surface area contributed by atoms with Gasteiger partial charge in [-0.15, -0.1) is 11.3 Å². The van der Waals surface area contributed by atoms with Gasteiger partial charge in [0, 0.05) is 10.8 Å². The first-order valence-corrected chi connectivity index (χ1v) is 4.79. The molecule has 0 radical (unpaired) electrons. The highest BCUT2D eigenvalue weighted by Crippen LogP contribution is 2.33. The predicted molar refractivity (Wildman–Crippen MR) is 47.2 cm³/mol. The molecule has 6 heteroatoms. The molecule has 0 spiro atoms. The number of hydrogen-bond donors (Lipinski definition) is 1. The molecule has 0 unspecified atom stereocenters. The second kappa shape index (κ2) is 3.51. The van der Waals surface area contributed by atoms with Crippen molar-refractivity contribution in [2.75, 3.05) is 6.61 Å². The number of aliphatic hydroxyl groups excluding tert-OH is 1. The second-order valence-electron chi connectivity index (χ2n) is 3.58. The van der Waals surface area contributed by atoms with Gasteiger partial charge in [0.05, 0.1) is 6.61 Å². The van der Waals surface area contributed by atoms with E-state index in [4.69, 9.17) is 5.11 Å². The van der Waals surface area contributed by atoms with Crippen molar-refractivity contribution in [3.05, 3.63) is 16.1 Å². The maximum Gasteiger partial charge on any atom is 0.434 e. The van der Waals surface area contributed by atoms with Gasteiger partial charge in [-0.3, -0.25) is 0 Å². The summed E-state index contributed by atoms with van der Waals surface area (Å²) in [4.78, 5) is 3.46. The van der Waals surface area contributed by atoms with E-state index in [1.54, 1.807) is 13.8 Å². The fourth-order valence-corrected chi connectivity index (χ4v) is 1.73. The molecule has 1 N–H and O–H groups in total. The standard InChI is InChI=1S/C8H10F3NOS/c1-7(2,4-13)6-12-5(3-14-6)8(9,10)11/h3,13H,4H2,1-2H3. The van der Waals surface area contributed by atoms with Crippen LogP contribution in [-0.4, -0.2) is 16.7 Å². The lowest BCUT2D eigenvalue weighted by atomic mass is 9.96. The highest BCUT2D eigenvalue weighted by Gasteiger charge is 2.35. The number of aliphatic hydroxyl groups is 1. The van der Waals surface area contributed by atoms with Crippen molar-refractivity contribution in [1.82, 2.24) is 4.98 Å². The number of thiazole rings is 1. The topological polar surface area (TPSA) is 33.1 Å². The zero-order valence-corrected chi connectivity index (χ0v) is 8.54. The molecule has 0 aliphatic rings. The lowest BCUT2D eigenvalue weighted by Gasteiger charge is -2.17. The van der Waals surface area contributed by atoms with Crippen molar-refractivity contribution in [2.45, 2.75) is 25.4 Å². The van der Waals surface area contributed by atoms with Gasteiger partial charge >= 0.3 is 6.18 Å². The number of halogens is 3. The molecule has 0 saturated heterocycles. The van der Waals surface area contributed by atoms with Gasteiger partial charge in [-0.2, -0.15) is 13.2 Å². The molecule has 0 bridgehead atoms. The fourth-order valence-electron chi connectivity index (χ4n) is 0.782. The smallest absolute Gasteiger partial charge is 0.395 e. The van der Waals surface area contributed by atoms with Crippen LogP contribution in [0.3, 0.4) is 0 Å². The van der Waals surface area contributed by atoms with Crippen LogP contribution >= 0.6 is 11.3 Å². The van der Waals surface area contributed by atoms with Crippen LogP contribution in [0.2, 0.25) is 0 Å². The molecule has 1 rings (SSSR count). The summed E-state index contributed by atoms with van der Waals surface area (Å²) in [7, 11) is 0. The summed E-state index contributed by atoms with van der Waals surface area (Å²) < 4.78 is 36.5. The van der Waals surface area contributed by atoms with Crippen molar-refractivity contribution in [2.24, 2.45) is 0 Å². The van der Waals surface area contributed by atoms with Gasteiger partial charge in [-0.1, -0.05) is 13.8 Å². The molecule has 0 atom stereocenters. The van der Waals surface area contributed by atoms with Gasteiger partial charge in [-0.05, 0) is 0 Å². The maximum absolute atomic E-state index is 12.2. The zero-order chi connectivity index (χ0) is 11.0. The van der Waals surface area contributed by atoms with E-state index in [0.29, 0.717) is 5.01 Å². The molecule has 1 aromatic rings. The van der Waals surface area contributed by atoms with Gasteiger partial charge in [0.2, 0.25) is 0 Å². The Bertz CT molecular complexity index is 319. The average molecular weight is 225 g/mol. The molecular formula is C8H10F3NOS. The summed E-state index contributed by atoms with van der Waals surface area (Å²) in [6, 6.07) is 0. The number of alkyl halides is 3. The van der Waals surface area contributed by atoms with Gasteiger partial charge in [0.1, 0.15) is 5.01 Å². The predicted octanol–water partition coefficient (Wildman–Crippen LogP) is 2.43. The summed E-state index contributed by atoms with van der Waals surface area (Å²) in [6.45, 7) is 3.07. The molecule has 0 aliphatic carbocycles. The largest absolute Gasteiger partial charge is 0.434 e. The molecule has 0 aromatic carbocycles. The second-order valence-corrected chi connectivity index (χ2v) is 4.44. The third kappa shape index (κ3) is 2.24. The lowest BCUT2D eigenvalue weighted by molar-refractivity contribution is -0.140. The Hall–Kier alpha value is -0.620. The van der Waals surface area contributed by atoms with E-state index in [0.717, 1.165) is 16.7 Å². The highest BCUT2D eigenvalue weighted by molar-refractivity contribution is 7.09. The van der Waals surface area contributed by atoms with Crippen LogP contribution in [0, 0.1) is 0 Å². The van der Waals surface area contributed by atoms with Crippen LogP contribution in [0.5, 0.6) is 0 Å². The van der Waals surface area contributed by atoms with Crippen LogP contribution in [0.4, 0.5) is 13.2 Å². The molecule has 0 aliphatic heterocycles. The molecule has 80 valence electrons. The Morgan fingerprint density at radius 3 is 2.36 bits per heavy atom. The third-order valence-electron chi connectivity index (χ3n) is 1.77. The Morgan fingerprint density at radius 1 is 1.43 bits per heavy atom. The molecule has 14 heavy (non-hydrogen) atoms. The van der Waals surface area contributed by atoms with Crippen LogP contribution in [-0.2, 0) is 11.6 Å². The summed E-state index contributed by atoms with van der Waals surface area (Å²) in [5, 5.41) is 10.2. The van der Waals surface area contributed by atoms with E-state index < -0.39 is 17.3 Å². The average Bonchev–Trinajstić information content (AvgIpc) is 2.51. The lowest BCUT2D eigenvalue weighted by Crippen LogP contribution is -2.22. The Balaban J connectivity index is 3.00.